The molecule has 1 saturated carbocycles. The first-order chi connectivity index (χ1) is 8.92. The molecule has 104 valence electrons. The van der Waals surface area contributed by atoms with E-state index in [4.69, 9.17) is 0 Å². The average Bonchev–Trinajstić information content (AvgIpc) is 2.70. The lowest BCUT2D eigenvalue weighted by atomic mass is 9.95. The number of hydrogen-bond acceptors (Lipinski definition) is 2. The number of hydrogen-bond donors (Lipinski definition) is 1. The molecule has 0 aromatic rings. The predicted molar refractivity (Wildman–Crippen MR) is 76.8 cm³/mol. The van der Waals surface area contributed by atoms with E-state index < -0.39 is 0 Å². The topological polar surface area (TPSA) is 15.3 Å². The first-order valence-corrected chi connectivity index (χ1v) is 8.39. The molecule has 2 atom stereocenters. The zero-order valence-corrected chi connectivity index (χ0v) is 11.9. The minimum Gasteiger partial charge on any atom is -0.314 e. The molecule has 0 aromatic heterocycles. The highest BCUT2D eigenvalue weighted by molar-refractivity contribution is 4.89. The van der Waals surface area contributed by atoms with Crippen molar-refractivity contribution in [3.05, 3.63) is 0 Å². The van der Waals surface area contributed by atoms with Crippen molar-refractivity contribution in [1.29, 1.82) is 0 Å². The highest BCUT2D eigenvalue weighted by atomic mass is 15.2. The van der Waals surface area contributed by atoms with Gasteiger partial charge in [0.2, 0.25) is 0 Å². The summed E-state index contributed by atoms with van der Waals surface area (Å²) >= 11 is 0. The van der Waals surface area contributed by atoms with Crippen LogP contribution >= 0.6 is 0 Å². The van der Waals surface area contributed by atoms with Gasteiger partial charge in [0.25, 0.3) is 0 Å². The Labute approximate surface area is 113 Å². The molecule has 2 nitrogen and oxygen atoms in total. The smallest absolute Gasteiger partial charge is 0.0111 e. The molecule has 0 bridgehead atoms. The fourth-order valence-corrected chi connectivity index (χ4v) is 4.31. The lowest BCUT2D eigenvalue weighted by Gasteiger charge is -2.35. The fraction of sp³-hybridized carbons (Fsp3) is 1.00. The van der Waals surface area contributed by atoms with Crippen LogP contribution in [0.1, 0.15) is 64.2 Å². The second-order valence-corrected chi connectivity index (χ2v) is 6.82. The second kappa shape index (κ2) is 6.38. The number of nitrogens with zero attached hydrogens (tertiary/aromatic N) is 1. The van der Waals surface area contributed by atoms with Crippen molar-refractivity contribution >= 4 is 0 Å². The van der Waals surface area contributed by atoms with Crippen molar-refractivity contribution in [2.24, 2.45) is 5.92 Å². The van der Waals surface area contributed by atoms with Crippen LogP contribution in [-0.2, 0) is 0 Å². The molecule has 2 unspecified atom stereocenters. The Hall–Kier alpha value is -0.0800. The van der Waals surface area contributed by atoms with E-state index in [0.717, 1.165) is 18.0 Å². The average molecular weight is 250 g/mol. The molecule has 2 heteroatoms. The Bertz CT molecular complexity index is 245. The van der Waals surface area contributed by atoms with E-state index in [-0.39, 0.29) is 0 Å². The number of piperidine rings is 1. The molecule has 2 aliphatic heterocycles. The Kier molecular flexibility index (Phi) is 4.58. The molecular weight excluding hydrogens is 220 g/mol. The van der Waals surface area contributed by atoms with Gasteiger partial charge >= 0.3 is 0 Å². The third kappa shape index (κ3) is 3.27. The molecule has 2 saturated heterocycles. The van der Waals surface area contributed by atoms with E-state index in [0.29, 0.717) is 0 Å². The van der Waals surface area contributed by atoms with Crippen LogP contribution < -0.4 is 5.32 Å². The molecule has 2 heterocycles. The van der Waals surface area contributed by atoms with Crippen molar-refractivity contribution in [2.45, 2.75) is 76.3 Å². The van der Waals surface area contributed by atoms with Gasteiger partial charge in [0.1, 0.15) is 0 Å². The molecule has 3 fully saturated rings. The van der Waals surface area contributed by atoms with Crippen LogP contribution in [0, 0.1) is 5.92 Å². The maximum absolute atomic E-state index is 3.91. The summed E-state index contributed by atoms with van der Waals surface area (Å²) in [4.78, 5) is 2.73. The lowest BCUT2D eigenvalue weighted by molar-refractivity contribution is 0.164. The molecule has 0 aromatic carbocycles. The standard InChI is InChI=1S/C16H30N2/c1-2-4-7-14(6-3-1)13-17-15-9-11-18-10-5-8-16(18)12-15/h14-17H,1-13H2. The quantitative estimate of drug-likeness (QED) is 0.774. The lowest BCUT2D eigenvalue weighted by Crippen LogP contribution is -2.46. The van der Waals surface area contributed by atoms with Gasteiger partial charge in [0, 0.05) is 12.1 Å². The molecule has 1 N–H and O–H groups in total. The van der Waals surface area contributed by atoms with Crippen molar-refractivity contribution in [2.75, 3.05) is 19.6 Å². The summed E-state index contributed by atoms with van der Waals surface area (Å²) in [6.07, 6.45) is 14.6. The van der Waals surface area contributed by atoms with Gasteiger partial charge < -0.3 is 10.2 Å². The molecule has 3 rings (SSSR count). The van der Waals surface area contributed by atoms with E-state index in [2.05, 4.69) is 10.2 Å². The van der Waals surface area contributed by atoms with Crippen LogP contribution in [0.3, 0.4) is 0 Å². The minimum absolute atomic E-state index is 0.826. The second-order valence-electron chi connectivity index (χ2n) is 6.82. The number of fused-ring (bicyclic) bond motifs is 1. The summed E-state index contributed by atoms with van der Waals surface area (Å²) in [7, 11) is 0. The van der Waals surface area contributed by atoms with Gasteiger partial charge in [-0.25, -0.2) is 0 Å². The van der Waals surface area contributed by atoms with Gasteiger partial charge in [0.15, 0.2) is 0 Å². The number of rotatable bonds is 3. The summed E-state index contributed by atoms with van der Waals surface area (Å²) in [6, 6.07) is 1.75. The van der Waals surface area contributed by atoms with Gasteiger partial charge in [0.05, 0.1) is 0 Å². The summed E-state index contributed by atoms with van der Waals surface area (Å²) in [5, 5.41) is 3.91. The maximum Gasteiger partial charge on any atom is 0.0111 e. The summed E-state index contributed by atoms with van der Waals surface area (Å²) in [6.45, 7) is 4.03. The predicted octanol–water partition coefficient (Wildman–Crippen LogP) is 3.17. The third-order valence-electron chi connectivity index (χ3n) is 5.49. The number of nitrogens with one attached hydrogen (secondary N) is 1. The molecule has 18 heavy (non-hydrogen) atoms. The van der Waals surface area contributed by atoms with Crippen LogP contribution in [0.4, 0.5) is 0 Å². The highest BCUT2D eigenvalue weighted by Gasteiger charge is 2.31. The summed E-state index contributed by atoms with van der Waals surface area (Å²) in [5.41, 5.74) is 0. The van der Waals surface area contributed by atoms with Gasteiger partial charge in [-0.05, 0) is 64.1 Å². The zero-order chi connectivity index (χ0) is 12.2. The Morgan fingerprint density at radius 2 is 1.67 bits per heavy atom. The third-order valence-corrected chi connectivity index (χ3v) is 5.49. The van der Waals surface area contributed by atoms with Gasteiger partial charge in [-0.2, -0.15) is 0 Å². The van der Waals surface area contributed by atoms with E-state index in [9.17, 15) is 0 Å². The largest absolute Gasteiger partial charge is 0.314 e. The van der Waals surface area contributed by atoms with Gasteiger partial charge in [-0.3, -0.25) is 0 Å². The molecule has 0 radical (unpaired) electrons. The van der Waals surface area contributed by atoms with E-state index in [1.165, 1.54) is 83.8 Å². The van der Waals surface area contributed by atoms with E-state index >= 15 is 0 Å². The molecule has 0 spiro atoms. The highest BCUT2D eigenvalue weighted by Crippen LogP contribution is 2.27. The normalized spacial score (nSPS) is 35.3. The van der Waals surface area contributed by atoms with Crippen LogP contribution in [0.2, 0.25) is 0 Å². The molecular formula is C16H30N2. The first-order valence-electron chi connectivity index (χ1n) is 8.39. The van der Waals surface area contributed by atoms with Gasteiger partial charge in [-0.1, -0.05) is 25.7 Å². The summed E-state index contributed by atoms with van der Waals surface area (Å²) < 4.78 is 0. The SMILES string of the molecule is C1CCCC(CNC2CCN3CCCC3C2)CC1. The van der Waals surface area contributed by atoms with Crippen LogP contribution in [-0.4, -0.2) is 36.6 Å². The zero-order valence-electron chi connectivity index (χ0n) is 11.9. The van der Waals surface area contributed by atoms with Gasteiger partial charge in [-0.15, -0.1) is 0 Å². The Morgan fingerprint density at radius 1 is 0.833 bits per heavy atom. The van der Waals surface area contributed by atoms with Crippen LogP contribution in [0.25, 0.3) is 0 Å². The van der Waals surface area contributed by atoms with Crippen molar-refractivity contribution in [3.8, 4) is 0 Å². The first kappa shape index (κ1) is 12.9. The monoisotopic (exact) mass is 250 g/mol. The minimum atomic E-state index is 0.826. The fourth-order valence-electron chi connectivity index (χ4n) is 4.31. The molecule has 0 amide bonds. The Balaban J connectivity index is 1.40. The Morgan fingerprint density at radius 3 is 2.50 bits per heavy atom. The van der Waals surface area contributed by atoms with Crippen LogP contribution in [0.15, 0.2) is 0 Å². The van der Waals surface area contributed by atoms with E-state index in [1.54, 1.807) is 0 Å². The molecule has 1 aliphatic carbocycles. The van der Waals surface area contributed by atoms with Crippen molar-refractivity contribution < 1.29 is 0 Å². The van der Waals surface area contributed by atoms with Crippen LogP contribution in [0.5, 0.6) is 0 Å². The molecule has 3 aliphatic rings. The van der Waals surface area contributed by atoms with Crippen molar-refractivity contribution in [3.63, 3.8) is 0 Å². The maximum atomic E-state index is 3.91. The van der Waals surface area contributed by atoms with Crippen molar-refractivity contribution in [1.82, 2.24) is 10.2 Å². The van der Waals surface area contributed by atoms with E-state index in [1.807, 2.05) is 0 Å². The summed E-state index contributed by atoms with van der Waals surface area (Å²) in [5.74, 6) is 0.981.